The first-order valence-electron chi connectivity index (χ1n) is 9.79. The second-order valence-corrected chi connectivity index (χ2v) is 7.90. The zero-order chi connectivity index (χ0) is 24.3. The van der Waals surface area contributed by atoms with Gasteiger partial charge in [-0.05, 0) is 49.1 Å². The highest BCUT2D eigenvalue weighted by Gasteiger charge is 2.37. The maximum absolute atomic E-state index is 12.2. The number of rotatable bonds is 10. The summed E-state index contributed by atoms with van der Waals surface area (Å²) in [4.78, 5) is 47.1. The standard InChI is InChI=1S/C20H20ClN3O9/c1-10-18(14(20(25)26)7-17(33-24(29)30)11(2)32-23(27)28)16-9-31-19(15(16)8-22-10)12-3-5-13(21)6-4-12/h3-6,8,11,14,17,19H,7,9H2,1-2H3,(H,25,26)/t11-,14?,17-,19+/m1/s1. The fourth-order valence-electron chi connectivity index (χ4n) is 3.92. The van der Waals surface area contributed by atoms with Crippen molar-refractivity contribution >= 4 is 17.6 Å². The van der Waals surface area contributed by atoms with E-state index in [0.717, 1.165) is 5.56 Å². The summed E-state index contributed by atoms with van der Waals surface area (Å²) in [7, 11) is 0. The van der Waals surface area contributed by atoms with E-state index in [1.807, 2.05) is 0 Å². The van der Waals surface area contributed by atoms with Crippen molar-refractivity contribution in [3.8, 4) is 0 Å². The van der Waals surface area contributed by atoms with Crippen LogP contribution in [0.25, 0.3) is 0 Å². The molecular weight excluding hydrogens is 462 g/mol. The molecule has 1 aliphatic heterocycles. The van der Waals surface area contributed by atoms with Crippen LogP contribution in [0.1, 0.15) is 53.3 Å². The van der Waals surface area contributed by atoms with Gasteiger partial charge in [0.2, 0.25) is 0 Å². The van der Waals surface area contributed by atoms with Crippen LogP contribution < -0.4 is 0 Å². The Morgan fingerprint density at radius 3 is 2.48 bits per heavy atom. The number of carboxylic acid groups (broad SMARTS) is 1. The van der Waals surface area contributed by atoms with Crippen LogP contribution in [0.4, 0.5) is 0 Å². The number of aromatic nitrogens is 1. The highest BCUT2D eigenvalue weighted by atomic mass is 35.5. The van der Waals surface area contributed by atoms with Gasteiger partial charge in [0, 0.05) is 22.5 Å². The van der Waals surface area contributed by atoms with Crippen LogP contribution in [-0.4, -0.2) is 38.4 Å². The summed E-state index contributed by atoms with van der Waals surface area (Å²) < 4.78 is 5.92. The molecule has 12 nitrogen and oxygen atoms in total. The zero-order valence-electron chi connectivity index (χ0n) is 17.5. The minimum absolute atomic E-state index is 0.0901. The van der Waals surface area contributed by atoms with E-state index < -0.39 is 46.8 Å². The van der Waals surface area contributed by atoms with Gasteiger partial charge in [-0.1, -0.05) is 23.7 Å². The number of ether oxygens (including phenoxy) is 1. The van der Waals surface area contributed by atoms with Crippen molar-refractivity contribution in [2.24, 2.45) is 0 Å². The Hall–Kier alpha value is -3.51. The van der Waals surface area contributed by atoms with Crippen molar-refractivity contribution in [1.82, 2.24) is 4.98 Å². The van der Waals surface area contributed by atoms with Crippen LogP contribution >= 0.6 is 11.6 Å². The number of aryl methyl sites for hydroxylation is 1. The molecule has 33 heavy (non-hydrogen) atoms. The average Bonchev–Trinajstić information content (AvgIpc) is 3.15. The van der Waals surface area contributed by atoms with E-state index in [2.05, 4.69) is 14.7 Å². The van der Waals surface area contributed by atoms with E-state index in [4.69, 9.17) is 16.3 Å². The quantitative estimate of drug-likeness (QED) is 0.392. The first-order chi connectivity index (χ1) is 15.6. The minimum atomic E-state index is -1.52. The maximum atomic E-state index is 12.2. The summed E-state index contributed by atoms with van der Waals surface area (Å²) in [6.07, 6.45) is -2.27. The summed E-state index contributed by atoms with van der Waals surface area (Å²) in [5.41, 5.74) is 2.76. The lowest BCUT2D eigenvalue weighted by atomic mass is 9.85. The Kier molecular flexibility index (Phi) is 7.29. The topological polar surface area (TPSA) is 164 Å². The molecule has 0 aliphatic carbocycles. The molecule has 0 saturated carbocycles. The van der Waals surface area contributed by atoms with Crippen LogP contribution in [-0.2, 0) is 25.8 Å². The van der Waals surface area contributed by atoms with E-state index >= 15 is 0 Å². The number of fused-ring (bicyclic) bond motifs is 1. The molecule has 4 atom stereocenters. The van der Waals surface area contributed by atoms with Crippen LogP contribution in [0.5, 0.6) is 0 Å². The van der Waals surface area contributed by atoms with E-state index in [9.17, 15) is 30.1 Å². The van der Waals surface area contributed by atoms with Gasteiger partial charge >= 0.3 is 5.97 Å². The molecule has 2 heterocycles. The number of halogens is 1. The van der Waals surface area contributed by atoms with Gasteiger partial charge in [0.05, 0.1) is 12.5 Å². The normalized spacial score (nSPS) is 17.5. The van der Waals surface area contributed by atoms with Crippen molar-refractivity contribution in [3.05, 3.63) is 83.7 Å². The first kappa shape index (κ1) is 24.1. The monoisotopic (exact) mass is 481 g/mol. The van der Waals surface area contributed by atoms with E-state index in [-0.39, 0.29) is 6.61 Å². The number of hydrogen-bond donors (Lipinski definition) is 1. The summed E-state index contributed by atoms with van der Waals surface area (Å²) in [5, 5.41) is 29.9. The highest BCUT2D eigenvalue weighted by molar-refractivity contribution is 6.30. The van der Waals surface area contributed by atoms with Crippen molar-refractivity contribution in [3.63, 3.8) is 0 Å². The fraction of sp³-hybridized carbons (Fsp3) is 0.400. The number of hydrogen-bond acceptors (Lipinski definition) is 9. The summed E-state index contributed by atoms with van der Waals surface area (Å²) in [6, 6.07) is 6.98. The van der Waals surface area contributed by atoms with Crippen LogP contribution in [0.3, 0.4) is 0 Å². The molecule has 0 fully saturated rings. The molecule has 0 spiro atoms. The average molecular weight is 482 g/mol. The molecule has 1 N–H and O–H groups in total. The molecule has 1 aliphatic rings. The van der Waals surface area contributed by atoms with E-state index in [1.165, 1.54) is 6.92 Å². The van der Waals surface area contributed by atoms with Gasteiger partial charge in [-0.15, -0.1) is 20.2 Å². The molecule has 0 saturated heterocycles. The Morgan fingerprint density at radius 2 is 1.91 bits per heavy atom. The molecule has 0 amide bonds. The lowest BCUT2D eigenvalue weighted by molar-refractivity contribution is -0.798. The number of nitrogens with zero attached hydrogens (tertiary/aromatic N) is 3. The largest absolute Gasteiger partial charge is 0.481 e. The van der Waals surface area contributed by atoms with Gasteiger partial charge in [-0.25, -0.2) is 0 Å². The number of carbonyl (C=O) groups is 1. The lowest BCUT2D eigenvalue weighted by Gasteiger charge is -2.25. The number of aliphatic carboxylic acids is 1. The second-order valence-electron chi connectivity index (χ2n) is 7.46. The predicted molar refractivity (Wildman–Crippen MR) is 111 cm³/mol. The fourth-order valence-corrected chi connectivity index (χ4v) is 4.04. The number of carboxylic acids is 1. The van der Waals surface area contributed by atoms with Crippen LogP contribution in [0, 0.1) is 27.2 Å². The summed E-state index contributed by atoms with van der Waals surface area (Å²) in [5.74, 6) is -2.61. The number of pyridine rings is 1. The Balaban J connectivity index is 1.99. The number of benzene rings is 1. The third-order valence-electron chi connectivity index (χ3n) is 5.42. The molecule has 3 rings (SSSR count). The SMILES string of the molecule is Cc1ncc2c(c1C(C[C@@H](O[N+](=O)[O-])[C@@H](C)O[N+](=O)[O-])C(=O)O)CO[C@H]2c1ccc(Cl)cc1. The Bertz CT molecular complexity index is 1060. The molecule has 0 bridgehead atoms. The van der Waals surface area contributed by atoms with Crippen molar-refractivity contribution < 1.29 is 34.5 Å². The van der Waals surface area contributed by atoms with Gasteiger partial charge in [0.15, 0.2) is 0 Å². The second kappa shape index (κ2) is 9.96. The molecule has 1 aromatic carbocycles. The van der Waals surface area contributed by atoms with Gasteiger partial charge in [0.1, 0.15) is 18.3 Å². The smallest absolute Gasteiger partial charge is 0.311 e. The van der Waals surface area contributed by atoms with Crippen molar-refractivity contribution in [1.29, 1.82) is 0 Å². The molecule has 2 aromatic rings. The van der Waals surface area contributed by atoms with Gasteiger partial charge in [0.25, 0.3) is 10.2 Å². The van der Waals surface area contributed by atoms with Crippen molar-refractivity contribution in [2.45, 2.75) is 51.1 Å². The zero-order valence-corrected chi connectivity index (χ0v) is 18.3. The first-order valence-corrected chi connectivity index (χ1v) is 10.2. The molecule has 1 unspecified atom stereocenters. The predicted octanol–water partition coefficient (Wildman–Crippen LogP) is 3.40. The summed E-state index contributed by atoms with van der Waals surface area (Å²) >= 11 is 5.95. The van der Waals surface area contributed by atoms with Crippen LogP contribution in [0.2, 0.25) is 5.02 Å². The molecular formula is C20H20ClN3O9. The van der Waals surface area contributed by atoms with E-state index in [1.54, 1.807) is 37.4 Å². The summed E-state index contributed by atoms with van der Waals surface area (Å²) in [6.45, 7) is 2.89. The third kappa shape index (κ3) is 5.46. The molecule has 176 valence electrons. The third-order valence-corrected chi connectivity index (χ3v) is 5.67. The van der Waals surface area contributed by atoms with Crippen LogP contribution in [0.15, 0.2) is 30.5 Å². The Labute approximate surface area is 192 Å². The van der Waals surface area contributed by atoms with Gasteiger partial charge in [-0.2, -0.15) is 0 Å². The van der Waals surface area contributed by atoms with Gasteiger partial charge in [-0.3, -0.25) is 9.78 Å². The van der Waals surface area contributed by atoms with E-state index in [0.29, 0.717) is 27.4 Å². The van der Waals surface area contributed by atoms with Gasteiger partial charge < -0.3 is 19.5 Å². The highest BCUT2D eigenvalue weighted by Crippen LogP contribution is 2.41. The molecule has 1 aromatic heterocycles. The molecule has 13 heteroatoms. The lowest BCUT2D eigenvalue weighted by Crippen LogP contribution is -2.35. The minimum Gasteiger partial charge on any atom is -0.481 e. The maximum Gasteiger partial charge on any atom is 0.311 e. The van der Waals surface area contributed by atoms with Crippen molar-refractivity contribution in [2.75, 3.05) is 0 Å². The molecule has 0 radical (unpaired) electrons. The Morgan fingerprint density at radius 1 is 1.27 bits per heavy atom.